The number of rotatable bonds is 5. The summed E-state index contributed by atoms with van der Waals surface area (Å²) in [6.07, 6.45) is 1.51. The molecule has 0 spiro atoms. The molecule has 154 valence electrons. The summed E-state index contributed by atoms with van der Waals surface area (Å²) in [5, 5.41) is 2.97. The van der Waals surface area contributed by atoms with Crippen molar-refractivity contribution in [3.8, 4) is 0 Å². The summed E-state index contributed by atoms with van der Waals surface area (Å²) in [5.41, 5.74) is 3.76. The van der Waals surface area contributed by atoms with Crippen molar-refractivity contribution in [2.45, 2.75) is 27.2 Å². The van der Waals surface area contributed by atoms with Gasteiger partial charge in [-0.2, -0.15) is 0 Å². The van der Waals surface area contributed by atoms with E-state index in [1.54, 1.807) is 12.1 Å². The Morgan fingerprint density at radius 1 is 1.10 bits per heavy atom. The monoisotopic (exact) mass is 425 g/mol. The molecule has 2 amide bonds. The number of aryl methyl sites for hydroxylation is 2. The number of carbonyl (C=O) groups excluding carboxylic acids is 2. The van der Waals surface area contributed by atoms with Crippen LogP contribution < -0.4 is 10.2 Å². The van der Waals surface area contributed by atoms with E-state index in [9.17, 15) is 14.0 Å². The standard InChI is InChI=1S/C23H21ClFN3O2/c1-14-4-7-21(15(2)10-14)28(16(3)29)22-13-19(8-9-26-22)27-23(30)11-17-5-6-18(25)12-20(17)24/h4-10,12-13H,11H2,1-3H3,(H,26,27,30). The minimum atomic E-state index is -0.460. The molecule has 0 saturated carbocycles. The Morgan fingerprint density at radius 2 is 1.87 bits per heavy atom. The molecule has 0 aliphatic rings. The Hall–Kier alpha value is -3.25. The van der Waals surface area contributed by atoms with E-state index >= 15 is 0 Å². The van der Waals surface area contributed by atoms with Gasteiger partial charge in [0, 0.05) is 29.9 Å². The van der Waals surface area contributed by atoms with E-state index in [0.717, 1.165) is 16.8 Å². The molecule has 3 aromatic rings. The Morgan fingerprint density at radius 3 is 2.53 bits per heavy atom. The number of aromatic nitrogens is 1. The lowest BCUT2D eigenvalue weighted by atomic mass is 10.1. The van der Waals surface area contributed by atoms with E-state index in [2.05, 4.69) is 10.3 Å². The normalized spacial score (nSPS) is 10.6. The fraction of sp³-hybridized carbons (Fsp3) is 0.174. The summed E-state index contributed by atoms with van der Waals surface area (Å²) in [6.45, 7) is 5.37. The fourth-order valence-corrected chi connectivity index (χ4v) is 3.41. The third kappa shape index (κ3) is 5.02. The molecule has 1 aromatic heterocycles. The summed E-state index contributed by atoms with van der Waals surface area (Å²) in [6, 6.07) is 13.0. The van der Waals surface area contributed by atoms with Crippen molar-refractivity contribution < 1.29 is 14.0 Å². The van der Waals surface area contributed by atoms with Gasteiger partial charge >= 0.3 is 0 Å². The zero-order valence-corrected chi connectivity index (χ0v) is 17.6. The van der Waals surface area contributed by atoms with Gasteiger partial charge in [-0.05, 0) is 49.2 Å². The van der Waals surface area contributed by atoms with Crippen LogP contribution in [0, 0.1) is 19.7 Å². The molecule has 0 saturated heterocycles. The third-order valence-electron chi connectivity index (χ3n) is 4.53. The summed E-state index contributed by atoms with van der Waals surface area (Å²) in [7, 11) is 0. The largest absolute Gasteiger partial charge is 0.326 e. The Bertz CT molecular complexity index is 1120. The fourth-order valence-electron chi connectivity index (χ4n) is 3.17. The number of hydrogen-bond donors (Lipinski definition) is 1. The van der Waals surface area contributed by atoms with Crippen LogP contribution in [0.25, 0.3) is 0 Å². The minimum Gasteiger partial charge on any atom is -0.326 e. The molecule has 0 fully saturated rings. The molecule has 0 aliphatic heterocycles. The third-order valence-corrected chi connectivity index (χ3v) is 4.88. The minimum absolute atomic E-state index is 0.00966. The van der Waals surface area contributed by atoms with Crippen molar-refractivity contribution in [2.75, 3.05) is 10.2 Å². The number of benzene rings is 2. The molecule has 1 N–H and O–H groups in total. The lowest BCUT2D eigenvalue weighted by molar-refractivity contribution is -0.116. The van der Waals surface area contributed by atoms with Crippen molar-refractivity contribution in [3.05, 3.63) is 82.3 Å². The first kappa shape index (κ1) is 21.5. The number of nitrogens with one attached hydrogen (secondary N) is 1. The number of nitrogens with zero attached hydrogens (tertiary/aromatic N) is 2. The van der Waals surface area contributed by atoms with Crippen molar-refractivity contribution in [3.63, 3.8) is 0 Å². The number of amides is 2. The SMILES string of the molecule is CC(=O)N(c1cc(NC(=O)Cc2ccc(F)cc2Cl)ccn1)c1ccc(C)cc1C. The highest BCUT2D eigenvalue weighted by molar-refractivity contribution is 6.31. The number of halogens is 2. The molecule has 2 aromatic carbocycles. The average Bonchev–Trinajstić information content (AvgIpc) is 2.66. The van der Waals surface area contributed by atoms with Gasteiger partial charge in [0.2, 0.25) is 11.8 Å². The number of pyridine rings is 1. The maximum Gasteiger partial charge on any atom is 0.229 e. The van der Waals surface area contributed by atoms with Crippen molar-refractivity contribution in [1.82, 2.24) is 4.98 Å². The van der Waals surface area contributed by atoms with Crippen LogP contribution in [0.15, 0.2) is 54.7 Å². The van der Waals surface area contributed by atoms with Crippen molar-refractivity contribution in [1.29, 1.82) is 0 Å². The predicted molar refractivity (Wildman–Crippen MR) is 117 cm³/mol. The van der Waals surface area contributed by atoms with Gasteiger partial charge in [0.25, 0.3) is 0 Å². The van der Waals surface area contributed by atoms with E-state index < -0.39 is 5.82 Å². The zero-order valence-electron chi connectivity index (χ0n) is 16.9. The zero-order chi connectivity index (χ0) is 21.8. The molecule has 0 aliphatic carbocycles. The van der Waals surface area contributed by atoms with Crippen LogP contribution >= 0.6 is 11.6 Å². The van der Waals surface area contributed by atoms with E-state index in [-0.39, 0.29) is 23.3 Å². The van der Waals surface area contributed by atoms with Gasteiger partial charge in [-0.1, -0.05) is 35.4 Å². The second kappa shape index (κ2) is 9.05. The topological polar surface area (TPSA) is 62.3 Å². The van der Waals surface area contributed by atoms with E-state index in [1.165, 1.54) is 36.2 Å². The molecule has 5 nitrogen and oxygen atoms in total. The van der Waals surface area contributed by atoms with Gasteiger partial charge in [-0.3, -0.25) is 14.5 Å². The highest BCUT2D eigenvalue weighted by Crippen LogP contribution is 2.29. The smallest absolute Gasteiger partial charge is 0.229 e. The molecular formula is C23H21ClFN3O2. The van der Waals surface area contributed by atoms with Gasteiger partial charge < -0.3 is 5.32 Å². The number of hydrogen-bond acceptors (Lipinski definition) is 3. The van der Waals surface area contributed by atoms with Crippen LogP contribution in [-0.4, -0.2) is 16.8 Å². The molecule has 0 atom stereocenters. The van der Waals surface area contributed by atoms with Gasteiger partial charge in [0.1, 0.15) is 11.6 Å². The highest BCUT2D eigenvalue weighted by Gasteiger charge is 2.18. The molecule has 3 rings (SSSR count). The molecule has 7 heteroatoms. The van der Waals surface area contributed by atoms with Crippen LogP contribution in [-0.2, 0) is 16.0 Å². The van der Waals surface area contributed by atoms with Crippen LogP contribution in [0.5, 0.6) is 0 Å². The summed E-state index contributed by atoms with van der Waals surface area (Å²) in [4.78, 5) is 30.6. The van der Waals surface area contributed by atoms with Gasteiger partial charge in [0.15, 0.2) is 0 Å². The number of carbonyl (C=O) groups is 2. The highest BCUT2D eigenvalue weighted by atomic mass is 35.5. The Kier molecular flexibility index (Phi) is 6.47. The van der Waals surface area contributed by atoms with E-state index in [0.29, 0.717) is 17.1 Å². The van der Waals surface area contributed by atoms with Gasteiger partial charge in [-0.25, -0.2) is 9.37 Å². The first-order chi connectivity index (χ1) is 14.2. The van der Waals surface area contributed by atoms with Crippen molar-refractivity contribution >= 4 is 40.6 Å². The predicted octanol–water partition coefficient (Wildman–Crippen LogP) is 5.36. The van der Waals surface area contributed by atoms with Crippen LogP contribution in [0.4, 0.5) is 21.6 Å². The molecule has 1 heterocycles. The lowest BCUT2D eigenvalue weighted by Gasteiger charge is -2.23. The van der Waals surface area contributed by atoms with Crippen LogP contribution in [0.3, 0.4) is 0 Å². The molecule has 30 heavy (non-hydrogen) atoms. The second-order valence-electron chi connectivity index (χ2n) is 7.01. The first-order valence-corrected chi connectivity index (χ1v) is 9.70. The Labute approximate surface area is 179 Å². The van der Waals surface area contributed by atoms with Gasteiger partial charge in [-0.15, -0.1) is 0 Å². The van der Waals surface area contributed by atoms with Gasteiger partial charge in [0.05, 0.1) is 12.1 Å². The van der Waals surface area contributed by atoms with Crippen molar-refractivity contribution in [2.24, 2.45) is 0 Å². The maximum absolute atomic E-state index is 13.2. The van der Waals surface area contributed by atoms with E-state index in [4.69, 9.17) is 11.6 Å². The molecule has 0 unspecified atom stereocenters. The lowest BCUT2D eigenvalue weighted by Crippen LogP contribution is -2.25. The average molecular weight is 426 g/mol. The second-order valence-corrected chi connectivity index (χ2v) is 7.41. The first-order valence-electron chi connectivity index (χ1n) is 9.32. The molecular weight excluding hydrogens is 405 g/mol. The Balaban J connectivity index is 1.83. The molecule has 0 bridgehead atoms. The quantitative estimate of drug-likeness (QED) is 0.598. The van der Waals surface area contributed by atoms with E-state index in [1.807, 2.05) is 32.0 Å². The van der Waals surface area contributed by atoms with Crippen LogP contribution in [0.2, 0.25) is 5.02 Å². The summed E-state index contributed by atoms with van der Waals surface area (Å²) < 4.78 is 13.2. The summed E-state index contributed by atoms with van der Waals surface area (Å²) in [5.74, 6) is -0.580. The number of anilines is 3. The molecule has 0 radical (unpaired) electrons. The van der Waals surface area contributed by atoms with Crippen LogP contribution in [0.1, 0.15) is 23.6 Å². The summed E-state index contributed by atoms with van der Waals surface area (Å²) >= 11 is 6.00. The maximum atomic E-state index is 13.2.